The third-order valence-corrected chi connectivity index (χ3v) is 2.76. The molecule has 0 radical (unpaired) electrons. The van der Waals surface area contributed by atoms with Crippen molar-refractivity contribution in [1.29, 1.82) is 0 Å². The number of nitrogens with zero attached hydrogens (tertiary/aromatic N) is 2. The van der Waals surface area contributed by atoms with E-state index in [1.807, 2.05) is 7.05 Å². The molecule has 0 spiro atoms. The van der Waals surface area contributed by atoms with Crippen molar-refractivity contribution in [2.75, 3.05) is 6.54 Å². The van der Waals surface area contributed by atoms with E-state index in [-0.39, 0.29) is 17.9 Å². The van der Waals surface area contributed by atoms with E-state index in [0.29, 0.717) is 18.7 Å². The molecule has 1 aliphatic heterocycles. The van der Waals surface area contributed by atoms with Crippen molar-refractivity contribution in [3.8, 4) is 0 Å². The molecule has 1 unspecified atom stereocenters. The van der Waals surface area contributed by atoms with Crippen LogP contribution in [0.25, 0.3) is 0 Å². The Kier molecular flexibility index (Phi) is 3.41. The summed E-state index contributed by atoms with van der Waals surface area (Å²) in [4.78, 5) is 27.1. The smallest absolute Gasteiger partial charge is 0.271 e. The van der Waals surface area contributed by atoms with Gasteiger partial charge in [-0.15, -0.1) is 0 Å². The lowest BCUT2D eigenvalue weighted by Gasteiger charge is -2.13. The molecule has 6 heteroatoms. The number of aromatic nitrogens is 2. The summed E-state index contributed by atoms with van der Waals surface area (Å²) in [5, 5.41) is 5.62. The van der Waals surface area contributed by atoms with Crippen molar-refractivity contribution in [2.24, 2.45) is 7.05 Å². The SMILES string of the molecule is Cn1cnc(C(=O)NC2CCCNC(=O)C2)c1. The molecule has 1 atom stereocenters. The van der Waals surface area contributed by atoms with E-state index in [1.165, 1.54) is 0 Å². The monoisotopic (exact) mass is 236 g/mol. The molecule has 0 saturated carbocycles. The van der Waals surface area contributed by atoms with Crippen LogP contribution in [0.2, 0.25) is 0 Å². The van der Waals surface area contributed by atoms with Gasteiger partial charge in [0.2, 0.25) is 5.91 Å². The zero-order valence-electron chi connectivity index (χ0n) is 9.77. The average molecular weight is 236 g/mol. The molecule has 1 saturated heterocycles. The van der Waals surface area contributed by atoms with Crippen LogP contribution >= 0.6 is 0 Å². The van der Waals surface area contributed by atoms with Gasteiger partial charge in [-0.25, -0.2) is 4.98 Å². The highest BCUT2D eigenvalue weighted by molar-refractivity contribution is 5.92. The van der Waals surface area contributed by atoms with Crippen molar-refractivity contribution in [2.45, 2.75) is 25.3 Å². The van der Waals surface area contributed by atoms with E-state index in [4.69, 9.17) is 0 Å². The van der Waals surface area contributed by atoms with Crippen LogP contribution in [0, 0.1) is 0 Å². The first kappa shape index (κ1) is 11.6. The molecule has 2 heterocycles. The maximum Gasteiger partial charge on any atom is 0.271 e. The fourth-order valence-electron chi connectivity index (χ4n) is 1.89. The topological polar surface area (TPSA) is 76.0 Å². The van der Waals surface area contributed by atoms with Crippen LogP contribution < -0.4 is 10.6 Å². The minimum absolute atomic E-state index is 0.00572. The van der Waals surface area contributed by atoms with Crippen LogP contribution in [-0.2, 0) is 11.8 Å². The molecule has 2 N–H and O–H groups in total. The van der Waals surface area contributed by atoms with Gasteiger partial charge in [0.05, 0.1) is 6.33 Å². The van der Waals surface area contributed by atoms with Gasteiger partial charge in [0.1, 0.15) is 5.69 Å². The van der Waals surface area contributed by atoms with E-state index in [2.05, 4.69) is 15.6 Å². The Morgan fingerprint density at radius 1 is 1.65 bits per heavy atom. The molecular weight excluding hydrogens is 220 g/mol. The van der Waals surface area contributed by atoms with Crippen LogP contribution in [0.15, 0.2) is 12.5 Å². The maximum atomic E-state index is 11.8. The van der Waals surface area contributed by atoms with Crippen LogP contribution in [-0.4, -0.2) is 34.0 Å². The molecule has 0 bridgehead atoms. The lowest BCUT2D eigenvalue weighted by atomic mass is 10.1. The average Bonchev–Trinajstić information content (AvgIpc) is 2.61. The van der Waals surface area contributed by atoms with Crippen LogP contribution in [0.5, 0.6) is 0 Å². The third kappa shape index (κ3) is 3.05. The van der Waals surface area contributed by atoms with Crippen LogP contribution in [0.4, 0.5) is 0 Å². The maximum absolute atomic E-state index is 11.8. The lowest BCUT2D eigenvalue weighted by Crippen LogP contribution is -2.37. The van der Waals surface area contributed by atoms with Crippen molar-refractivity contribution in [1.82, 2.24) is 20.2 Å². The Bertz CT molecular complexity index is 427. The molecular formula is C11H16N4O2. The Morgan fingerprint density at radius 2 is 2.47 bits per heavy atom. The Hall–Kier alpha value is -1.85. The standard InChI is InChI=1S/C11H16N4O2/c1-15-6-9(13-7-15)11(17)14-8-3-2-4-12-10(16)5-8/h6-8H,2-5H2,1H3,(H,12,16)(H,14,17). The molecule has 1 aliphatic rings. The number of hydrogen-bond donors (Lipinski definition) is 2. The highest BCUT2D eigenvalue weighted by Gasteiger charge is 2.20. The minimum Gasteiger partial charge on any atom is -0.356 e. The molecule has 1 aromatic rings. The summed E-state index contributed by atoms with van der Waals surface area (Å²) in [6.45, 7) is 0.689. The fourth-order valence-corrected chi connectivity index (χ4v) is 1.89. The Balaban J connectivity index is 1.95. The molecule has 2 rings (SSSR count). The number of rotatable bonds is 2. The number of carbonyl (C=O) groups is 2. The highest BCUT2D eigenvalue weighted by Crippen LogP contribution is 2.07. The molecule has 2 amide bonds. The molecule has 6 nitrogen and oxygen atoms in total. The van der Waals surface area contributed by atoms with Gasteiger partial charge in [0.25, 0.3) is 5.91 Å². The van der Waals surface area contributed by atoms with Crippen LogP contribution in [0.3, 0.4) is 0 Å². The normalized spacial score (nSPS) is 20.5. The first-order chi connectivity index (χ1) is 8.15. The predicted molar refractivity (Wildman–Crippen MR) is 61.3 cm³/mol. The van der Waals surface area contributed by atoms with Gasteiger partial charge in [0, 0.05) is 32.3 Å². The summed E-state index contributed by atoms with van der Waals surface area (Å²) in [7, 11) is 1.81. The molecule has 1 aromatic heterocycles. The highest BCUT2D eigenvalue weighted by atomic mass is 16.2. The summed E-state index contributed by atoms with van der Waals surface area (Å²) in [5.41, 5.74) is 0.386. The van der Waals surface area contributed by atoms with Gasteiger partial charge in [-0.05, 0) is 12.8 Å². The predicted octanol–water partition coefficient (Wildman–Crippen LogP) is -0.181. The number of imidazole rings is 1. The second-order valence-corrected chi connectivity index (χ2v) is 4.29. The number of amides is 2. The number of hydrogen-bond acceptors (Lipinski definition) is 3. The summed E-state index contributed by atoms with van der Waals surface area (Å²) in [5.74, 6) is -0.223. The van der Waals surface area contributed by atoms with E-state index >= 15 is 0 Å². The van der Waals surface area contributed by atoms with E-state index < -0.39 is 0 Å². The zero-order chi connectivity index (χ0) is 12.3. The van der Waals surface area contributed by atoms with Gasteiger partial charge in [-0.3, -0.25) is 9.59 Å². The van der Waals surface area contributed by atoms with E-state index in [1.54, 1.807) is 17.1 Å². The Morgan fingerprint density at radius 3 is 3.18 bits per heavy atom. The van der Waals surface area contributed by atoms with Gasteiger partial charge in [-0.2, -0.15) is 0 Å². The van der Waals surface area contributed by atoms with Gasteiger partial charge >= 0.3 is 0 Å². The van der Waals surface area contributed by atoms with Gasteiger partial charge in [-0.1, -0.05) is 0 Å². The second kappa shape index (κ2) is 4.99. The van der Waals surface area contributed by atoms with Gasteiger partial charge in [0.15, 0.2) is 0 Å². The van der Waals surface area contributed by atoms with Crippen LogP contribution in [0.1, 0.15) is 29.8 Å². The number of aryl methyl sites for hydroxylation is 1. The van der Waals surface area contributed by atoms with Crippen molar-refractivity contribution in [3.63, 3.8) is 0 Å². The number of carbonyl (C=O) groups excluding carboxylic acids is 2. The number of nitrogens with one attached hydrogen (secondary N) is 2. The van der Waals surface area contributed by atoms with Crippen molar-refractivity contribution >= 4 is 11.8 Å². The Labute approximate surface area is 99.4 Å². The summed E-state index contributed by atoms with van der Waals surface area (Å²) < 4.78 is 1.72. The minimum atomic E-state index is -0.217. The second-order valence-electron chi connectivity index (χ2n) is 4.29. The van der Waals surface area contributed by atoms with Crippen molar-refractivity contribution in [3.05, 3.63) is 18.2 Å². The first-order valence-electron chi connectivity index (χ1n) is 5.70. The largest absolute Gasteiger partial charge is 0.356 e. The molecule has 92 valence electrons. The summed E-state index contributed by atoms with van der Waals surface area (Å²) in [6, 6.07) is -0.0907. The molecule has 0 aliphatic carbocycles. The summed E-state index contributed by atoms with van der Waals surface area (Å²) >= 11 is 0. The quantitative estimate of drug-likeness (QED) is 0.747. The van der Waals surface area contributed by atoms with Gasteiger partial charge < -0.3 is 15.2 Å². The van der Waals surface area contributed by atoms with E-state index in [0.717, 1.165) is 12.8 Å². The molecule has 1 fully saturated rings. The zero-order valence-corrected chi connectivity index (χ0v) is 9.77. The fraction of sp³-hybridized carbons (Fsp3) is 0.545. The molecule has 17 heavy (non-hydrogen) atoms. The molecule has 0 aromatic carbocycles. The summed E-state index contributed by atoms with van der Waals surface area (Å²) in [6.07, 6.45) is 5.29. The van der Waals surface area contributed by atoms with Crippen molar-refractivity contribution < 1.29 is 9.59 Å². The first-order valence-corrected chi connectivity index (χ1v) is 5.70. The lowest BCUT2D eigenvalue weighted by molar-refractivity contribution is -0.121. The van der Waals surface area contributed by atoms with E-state index in [9.17, 15) is 9.59 Å². The third-order valence-electron chi connectivity index (χ3n) is 2.76.